The zero-order valence-electron chi connectivity index (χ0n) is 14.0. The van der Waals surface area contributed by atoms with Crippen LogP contribution in [0.1, 0.15) is 16.7 Å². The molecule has 1 amide bonds. The molecule has 0 atom stereocenters. The quantitative estimate of drug-likeness (QED) is 0.664. The minimum Gasteiger partial charge on any atom is -0.347 e. The normalized spacial score (nSPS) is 11.1. The van der Waals surface area contributed by atoms with Crippen molar-refractivity contribution in [2.45, 2.75) is 5.41 Å². The van der Waals surface area contributed by atoms with E-state index >= 15 is 0 Å². The summed E-state index contributed by atoms with van der Waals surface area (Å²) in [5.41, 5.74) is 2.07. The lowest BCUT2D eigenvalue weighted by molar-refractivity contribution is -0.132. The van der Waals surface area contributed by atoms with Crippen LogP contribution in [0.5, 0.6) is 0 Å². The lowest BCUT2D eigenvalue weighted by Crippen LogP contribution is -2.45. The van der Waals surface area contributed by atoms with Crippen LogP contribution in [0.4, 0.5) is 0 Å². The van der Waals surface area contributed by atoms with Gasteiger partial charge in [0.05, 0.1) is 0 Å². The molecule has 0 heterocycles. The van der Waals surface area contributed by atoms with E-state index in [1.54, 1.807) is 4.90 Å². The fourth-order valence-electron chi connectivity index (χ4n) is 3.27. The van der Waals surface area contributed by atoms with Crippen molar-refractivity contribution in [2.75, 3.05) is 14.1 Å². The summed E-state index contributed by atoms with van der Waals surface area (Å²) in [7, 11) is 3.62. The smallest absolute Gasteiger partial charge is 0.241 e. The first-order valence-electron chi connectivity index (χ1n) is 8.05. The van der Waals surface area contributed by atoms with Crippen molar-refractivity contribution < 1.29 is 4.79 Å². The summed E-state index contributed by atoms with van der Waals surface area (Å²) in [6.07, 6.45) is 0. The Morgan fingerprint density at radius 2 is 0.917 bits per heavy atom. The number of nitrogens with zero attached hydrogens (tertiary/aromatic N) is 1. The van der Waals surface area contributed by atoms with Gasteiger partial charge in [0, 0.05) is 14.1 Å². The minimum absolute atomic E-state index is 0.0473. The summed E-state index contributed by atoms with van der Waals surface area (Å²) in [6.45, 7) is 0. The highest BCUT2D eigenvalue weighted by Crippen LogP contribution is 2.40. The number of rotatable bonds is 4. The molecule has 0 spiro atoms. The Hall–Kier alpha value is -2.87. The number of hydrogen-bond acceptors (Lipinski definition) is 1. The van der Waals surface area contributed by atoms with Crippen LogP contribution in [-0.2, 0) is 10.2 Å². The molecule has 0 aliphatic heterocycles. The molecule has 3 aromatic carbocycles. The van der Waals surface area contributed by atoms with Gasteiger partial charge in [-0.15, -0.1) is 0 Å². The Morgan fingerprint density at radius 3 is 1.17 bits per heavy atom. The van der Waals surface area contributed by atoms with E-state index in [9.17, 15) is 4.79 Å². The zero-order valence-corrected chi connectivity index (χ0v) is 14.0. The minimum atomic E-state index is -0.854. The molecule has 0 saturated heterocycles. The van der Waals surface area contributed by atoms with Crippen LogP contribution < -0.4 is 0 Å². The van der Waals surface area contributed by atoms with E-state index in [1.807, 2.05) is 105 Å². The van der Waals surface area contributed by atoms with E-state index in [2.05, 4.69) is 0 Å². The van der Waals surface area contributed by atoms with Gasteiger partial charge in [-0.1, -0.05) is 91.0 Å². The second-order valence-electron chi connectivity index (χ2n) is 6.05. The van der Waals surface area contributed by atoms with E-state index in [0.29, 0.717) is 0 Å². The van der Waals surface area contributed by atoms with Crippen LogP contribution in [0.3, 0.4) is 0 Å². The molecular weight excluding hydrogens is 294 g/mol. The average molecular weight is 315 g/mol. The molecule has 3 aromatic rings. The number of likely N-dealkylation sites (N-methyl/N-ethyl adjacent to an activating group) is 1. The van der Waals surface area contributed by atoms with Gasteiger partial charge < -0.3 is 4.90 Å². The van der Waals surface area contributed by atoms with Gasteiger partial charge >= 0.3 is 0 Å². The van der Waals surface area contributed by atoms with Crippen molar-refractivity contribution in [1.29, 1.82) is 0 Å². The third-order valence-corrected chi connectivity index (χ3v) is 4.35. The van der Waals surface area contributed by atoms with Crippen LogP contribution >= 0.6 is 0 Å². The molecule has 120 valence electrons. The van der Waals surface area contributed by atoms with E-state index in [4.69, 9.17) is 0 Å². The predicted molar refractivity (Wildman–Crippen MR) is 97.9 cm³/mol. The first-order valence-corrected chi connectivity index (χ1v) is 8.05. The first-order chi connectivity index (χ1) is 11.7. The van der Waals surface area contributed by atoms with Crippen LogP contribution in [0.25, 0.3) is 0 Å². The van der Waals surface area contributed by atoms with Crippen molar-refractivity contribution in [2.24, 2.45) is 0 Å². The summed E-state index contributed by atoms with van der Waals surface area (Å²) in [6, 6.07) is 30.0. The Bertz CT molecular complexity index is 698. The molecule has 0 aliphatic carbocycles. The van der Waals surface area contributed by atoms with Crippen molar-refractivity contribution in [3.63, 3.8) is 0 Å². The second kappa shape index (κ2) is 6.71. The Labute approximate surface area is 143 Å². The fourth-order valence-corrected chi connectivity index (χ4v) is 3.27. The molecule has 0 radical (unpaired) electrons. The van der Waals surface area contributed by atoms with Crippen molar-refractivity contribution in [3.05, 3.63) is 108 Å². The third kappa shape index (κ3) is 2.61. The standard InChI is InChI=1S/C22H21NO/c1-23(2)21(24)22(18-12-6-3-7-13-18,19-14-8-4-9-15-19)20-16-10-5-11-17-20/h3-17H,1-2H3. The second-order valence-corrected chi connectivity index (χ2v) is 6.05. The predicted octanol–water partition coefficient (Wildman–Crippen LogP) is 4.11. The highest BCUT2D eigenvalue weighted by Gasteiger charge is 2.44. The molecule has 0 aromatic heterocycles. The monoisotopic (exact) mass is 315 g/mol. The Morgan fingerprint density at radius 1 is 0.625 bits per heavy atom. The lowest BCUT2D eigenvalue weighted by Gasteiger charge is -2.36. The molecule has 0 N–H and O–H groups in total. The van der Waals surface area contributed by atoms with Crippen LogP contribution in [0.2, 0.25) is 0 Å². The third-order valence-electron chi connectivity index (χ3n) is 4.35. The number of carbonyl (C=O) groups excluding carboxylic acids is 1. The highest BCUT2D eigenvalue weighted by molar-refractivity contribution is 5.95. The summed E-state index contributed by atoms with van der Waals surface area (Å²) in [4.78, 5) is 15.2. The first kappa shape index (κ1) is 16.0. The van der Waals surface area contributed by atoms with Gasteiger partial charge in [-0.2, -0.15) is 0 Å². The SMILES string of the molecule is CN(C)C(=O)C(c1ccccc1)(c1ccccc1)c1ccccc1. The molecular formula is C22H21NO. The van der Waals surface area contributed by atoms with Gasteiger partial charge in [0.15, 0.2) is 0 Å². The van der Waals surface area contributed by atoms with Gasteiger partial charge in [-0.25, -0.2) is 0 Å². The maximum Gasteiger partial charge on any atom is 0.241 e. The molecule has 0 saturated carbocycles. The van der Waals surface area contributed by atoms with Gasteiger partial charge in [-0.05, 0) is 16.7 Å². The molecule has 0 fully saturated rings. The molecule has 24 heavy (non-hydrogen) atoms. The molecule has 0 aliphatic rings. The number of hydrogen-bond donors (Lipinski definition) is 0. The Balaban J connectivity index is 2.40. The van der Waals surface area contributed by atoms with Gasteiger partial charge in [0.2, 0.25) is 5.91 Å². The van der Waals surface area contributed by atoms with E-state index in [0.717, 1.165) is 16.7 Å². The van der Waals surface area contributed by atoms with E-state index in [-0.39, 0.29) is 5.91 Å². The summed E-state index contributed by atoms with van der Waals surface area (Å²) >= 11 is 0. The van der Waals surface area contributed by atoms with Crippen LogP contribution in [-0.4, -0.2) is 24.9 Å². The average Bonchev–Trinajstić information content (AvgIpc) is 2.65. The maximum atomic E-state index is 13.5. The zero-order chi connectivity index (χ0) is 17.0. The maximum absolute atomic E-state index is 13.5. The topological polar surface area (TPSA) is 20.3 Å². The van der Waals surface area contributed by atoms with Gasteiger partial charge in [-0.3, -0.25) is 4.79 Å². The Kier molecular flexibility index (Phi) is 4.48. The molecule has 0 unspecified atom stereocenters. The summed E-state index contributed by atoms with van der Waals surface area (Å²) in [5, 5.41) is 0. The molecule has 0 bridgehead atoms. The van der Waals surface area contributed by atoms with E-state index < -0.39 is 5.41 Å². The molecule has 3 rings (SSSR count). The van der Waals surface area contributed by atoms with Crippen molar-refractivity contribution in [1.82, 2.24) is 4.90 Å². The fraction of sp³-hybridized carbons (Fsp3) is 0.136. The van der Waals surface area contributed by atoms with E-state index in [1.165, 1.54) is 0 Å². The van der Waals surface area contributed by atoms with Gasteiger partial charge in [0.25, 0.3) is 0 Å². The summed E-state index contributed by atoms with van der Waals surface area (Å²) < 4.78 is 0. The number of amides is 1. The van der Waals surface area contributed by atoms with Crippen molar-refractivity contribution in [3.8, 4) is 0 Å². The van der Waals surface area contributed by atoms with Gasteiger partial charge in [0.1, 0.15) is 5.41 Å². The van der Waals surface area contributed by atoms with Crippen LogP contribution in [0, 0.1) is 0 Å². The summed E-state index contributed by atoms with van der Waals surface area (Å²) in [5.74, 6) is 0.0473. The molecule has 2 nitrogen and oxygen atoms in total. The highest BCUT2D eigenvalue weighted by atomic mass is 16.2. The lowest BCUT2D eigenvalue weighted by atomic mass is 9.68. The largest absolute Gasteiger partial charge is 0.347 e. The van der Waals surface area contributed by atoms with Crippen LogP contribution in [0.15, 0.2) is 91.0 Å². The van der Waals surface area contributed by atoms with Crippen molar-refractivity contribution >= 4 is 5.91 Å². The number of carbonyl (C=O) groups is 1. The molecule has 2 heteroatoms. The number of benzene rings is 3.